The lowest BCUT2D eigenvalue weighted by Gasteiger charge is -2.19. The Labute approximate surface area is 175 Å². The Hall–Kier alpha value is -3.29. The minimum atomic E-state index is -3.78. The Morgan fingerprint density at radius 1 is 1.03 bits per heavy atom. The van der Waals surface area contributed by atoms with Gasteiger partial charge in [0.25, 0.3) is 0 Å². The molecule has 0 radical (unpaired) electrons. The van der Waals surface area contributed by atoms with Crippen molar-refractivity contribution < 1.29 is 12.9 Å². The second kappa shape index (κ2) is 8.22. The summed E-state index contributed by atoms with van der Waals surface area (Å²) in [5.41, 5.74) is 1.89. The third-order valence-corrected chi connectivity index (χ3v) is 6.56. The third-order valence-electron chi connectivity index (χ3n) is 4.75. The van der Waals surface area contributed by atoms with Crippen molar-refractivity contribution in [2.75, 3.05) is 6.54 Å². The predicted molar refractivity (Wildman–Crippen MR) is 116 cm³/mol. The normalized spacial score (nSPS) is 11.8. The zero-order valence-corrected chi connectivity index (χ0v) is 17.3. The van der Waals surface area contributed by atoms with Crippen molar-refractivity contribution in [2.24, 2.45) is 0 Å². The van der Waals surface area contributed by atoms with Gasteiger partial charge < -0.3 is 4.52 Å². The molecular formula is C23H21N3O3S. The molecule has 0 aliphatic rings. The van der Waals surface area contributed by atoms with Crippen LogP contribution in [0.25, 0.3) is 22.2 Å². The molecule has 0 aliphatic carbocycles. The van der Waals surface area contributed by atoms with E-state index in [1.54, 1.807) is 18.2 Å². The van der Waals surface area contributed by atoms with Gasteiger partial charge in [0.1, 0.15) is 0 Å². The van der Waals surface area contributed by atoms with Gasteiger partial charge in [0.15, 0.2) is 0 Å². The molecule has 6 nitrogen and oxygen atoms in total. The number of rotatable bonds is 7. The molecule has 0 fully saturated rings. The minimum absolute atomic E-state index is 0.0417. The predicted octanol–water partition coefficient (Wildman–Crippen LogP) is 4.58. The highest BCUT2D eigenvalue weighted by Crippen LogP contribution is 2.24. The Balaban J connectivity index is 1.64. The maximum Gasteiger partial charge on any atom is 0.243 e. The van der Waals surface area contributed by atoms with Crippen molar-refractivity contribution in [3.63, 3.8) is 0 Å². The first-order valence-electron chi connectivity index (χ1n) is 9.47. The Morgan fingerprint density at radius 3 is 2.60 bits per heavy atom. The minimum Gasteiger partial charge on any atom is -0.338 e. The number of nitrogens with zero attached hydrogens (tertiary/aromatic N) is 3. The van der Waals surface area contributed by atoms with Crippen molar-refractivity contribution in [3.05, 3.63) is 90.8 Å². The summed E-state index contributed by atoms with van der Waals surface area (Å²) in [6, 6.07) is 20.4. The molecule has 7 heteroatoms. The molecular weight excluding hydrogens is 398 g/mol. The monoisotopic (exact) mass is 419 g/mol. The summed E-state index contributed by atoms with van der Waals surface area (Å²) in [4.78, 5) is 4.59. The van der Waals surface area contributed by atoms with Gasteiger partial charge >= 0.3 is 0 Å². The average molecular weight is 420 g/mol. The standard InChI is InChI=1S/C23H21N3O3S/c1-3-13-26(16-22-24-23(25-29-22)20-10-6-7-17(2)14-20)30(27,28)21-12-11-18-8-4-5-9-19(18)15-21/h3-12,14-15H,1,13,16H2,2H3. The number of sulfonamides is 1. The van der Waals surface area contributed by atoms with E-state index in [-0.39, 0.29) is 23.9 Å². The highest BCUT2D eigenvalue weighted by molar-refractivity contribution is 7.89. The quantitative estimate of drug-likeness (QED) is 0.410. The molecule has 0 saturated carbocycles. The molecule has 0 spiro atoms. The van der Waals surface area contributed by atoms with E-state index >= 15 is 0 Å². The second-order valence-electron chi connectivity index (χ2n) is 6.98. The first-order chi connectivity index (χ1) is 14.5. The third kappa shape index (κ3) is 4.03. The molecule has 0 atom stereocenters. The summed E-state index contributed by atoms with van der Waals surface area (Å²) in [7, 11) is -3.78. The zero-order valence-electron chi connectivity index (χ0n) is 16.5. The van der Waals surface area contributed by atoms with Crippen LogP contribution in [-0.2, 0) is 16.6 Å². The van der Waals surface area contributed by atoms with E-state index in [0.717, 1.165) is 21.9 Å². The van der Waals surface area contributed by atoms with Crippen LogP contribution < -0.4 is 0 Å². The second-order valence-corrected chi connectivity index (χ2v) is 8.91. The lowest BCUT2D eigenvalue weighted by atomic mass is 10.1. The molecule has 4 aromatic rings. The largest absolute Gasteiger partial charge is 0.338 e. The zero-order chi connectivity index (χ0) is 21.1. The smallest absolute Gasteiger partial charge is 0.243 e. The SMILES string of the molecule is C=CCN(Cc1nc(-c2cccc(C)c2)no1)S(=O)(=O)c1ccc2ccccc2c1. The number of aryl methyl sites for hydroxylation is 1. The van der Waals surface area contributed by atoms with Crippen molar-refractivity contribution in [1.82, 2.24) is 14.4 Å². The summed E-state index contributed by atoms with van der Waals surface area (Å²) in [5, 5.41) is 5.84. The lowest BCUT2D eigenvalue weighted by molar-refractivity contribution is 0.327. The van der Waals surface area contributed by atoms with Gasteiger partial charge in [-0.05, 0) is 35.9 Å². The fourth-order valence-corrected chi connectivity index (χ4v) is 4.64. The molecule has 30 heavy (non-hydrogen) atoms. The van der Waals surface area contributed by atoms with Crippen LogP contribution in [-0.4, -0.2) is 29.4 Å². The highest BCUT2D eigenvalue weighted by atomic mass is 32.2. The highest BCUT2D eigenvalue weighted by Gasteiger charge is 2.26. The molecule has 0 aliphatic heterocycles. The molecule has 0 bridgehead atoms. The average Bonchev–Trinajstić information content (AvgIpc) is 3.22. The first kappa shape index (κ1) is 20.0. The van der Waals surface area contributed by atoms with Gasteiger partial charge in [0, 0.05) is 12.1 Å². The Kier molecular flexibility index (Phi) is 5.48. The lowest BCUT2D eigenvalue weighted by Crippen LogP contribution is -2.31. The van der Waals surface area contributed by atoms with Crippen LogP contribution in [0.2, 0.25) is 0 Å². The summed E-state index contributed by atoms with van der Waals surface area (Å²) < 4.78 is 33.2. The Morgan fingerprint density at radius 2 is 1.83 bits per heavy atom. The molecule has 0 saturated heterocycles. The van der Waals surface area contributed by atoms with E-state index in [0.29, 0.717) is 5.82 Å². The van der Waals surface area contributed by atoms with Gasteiger partial charge in [-0.1, -0.05) is 65.3 Å². The number of hydrogen-bond donors (Lipinski definition) is 0. The molecule has 152 valence electrons. The van der Waals surface area contributed by atoms with Gasteiger partial charge in [-0.2, -0.15) is 9.29 Å². The van der Waals surface area contributed by atoms with E-state index in [1.165, 1.54) is 10.4 Å². The first-order valence-corrected chi connectivity index (χ1v) is 10.9. The fourth-order valence-electron chi connectivity index (χ4n) is 3.24. The van der Waals surface area contributed by atoms with Crippen LogP contribution >= 0.6 is 0 Å². The number of fused-ring (bicyclic) bond motifs is 1. The molecule has 3 aromatic carbocycles. The molecule has 4 rings (SSSR count). The van der Waals surface area contributed by atoms with Crippen molar-refractivity contribution >= 4 is 20.8 Å². The van der Waals surface area contributed by atoms with Crippen LogP contribution in [0.1, 0.15) is 11.5 Å². The van der Waals surface area contributed by atoms with Gasteiger partial charge in [-0.25, -0.2) is 8.42 Å². The molecule has 1 heterocycles. The van der Waals surface area contributed by atoms with Crippen LogP contribution in [0.15, 0.2) is 88.8 Å². The summed E-state index contributed by atoms with van der Waals surface area (Å²) in [5.74, 6) is 0.646. The van der Waals surface area contributed by atoms with E-state index in [9.17, 15) is 8.42 Å². The summed E-state index contributed by atoms with van der Waals surface area (Å²) in [6.45, 7) is 5.75. The molecule has 0 unspecified atom stereocenters. The van der Waals surface area contributed by atoms with E-state index < -0.39 is 10.0 Å². The Bertz CT molecular complexity index is 1310. The molecule has 0 N–H and O–H groups in total. The molecule has 1 aromatic heterocycles. The topological polar surface area (TPSA) is 76.3 Å². The van der Waals surface area contributed by atoms with E-state index in [2.05, 4.69) is 16.7 Å². The van der Waals surface area contributed by atoms with Gasteiger partial charge in [-0.15, -0.1) is 6.58 Å². The van der Waals surface area contributed by atoms with Gasteiger partial charge in [0.2, 0.25) is 21.7 Å². The van der Waals surface area contributed by atoms with Gasteiger partial charge in [-0.3, -0.25) is 0 Å². The number of benzene rings is 3. The van der Waals surface area contributed by atoms with Crippen LogP contribution in [0.3, 0.4) is 0 Å². The van der Waals surface area contributed by atoms with Crippen LogP contribution in [0.4, 0.5) is 0 Å². The van der Waals surface area contributed by atoms with Gasteiger partial charge in [0.05, 0.1) is 11.4 Å². The van der Waals surface area contributed by atoms with Crippen LogP contribution in [0.5, 0.6) is 0 Å². The van der Waals surface area contributed by atoms with Crippen molar-refractivity contribution in [2.45, 2.75) is 18.4 Å². The summed E-state index contributed by atoms with van der Waals surface area (Å²) >= 11 is 0. The fraction of sp³-hybridized carbons (Fsp3) is 0.130. The maximum atomic E-state index is 13.3. The van der Waals surface area contributed by atoms with Crippen molar-refractivity contribution in [1.29, 1.82) is 0 Å². The van der Waals surface area contributed by atoms with E-state index in [4.69, 9.17) is 4.52 Å². The maximum absolute atomic E-state index is 13.3. The van der Waals surface area contributed by atoms with Crippen LogP contribution in [0, 0.1) is 6.92 Å². The summed E-state index contributed by atoms with van der Waals surface area (Å²) in [6.07, 6.45) is 1.54. The van der Waals surface area contributed by atoms with E-state index in [1.807, 2.05) is 55.5 Å². The number of aromatic nitrogens is 2. The molecule has 0 amide bonds. The van der Waals surface area contributed by atoms with Crippen molar-refractivity contribution in [3.8, 4) is 11.4 Å². The number of hydrogen-bond acceptors (Lipinski definition) is 5.